The van der Waals surface area contributed by atoms with Gasteiger partial charge in [-0.1, -0.05) is 12.1 Å². The topological polar surface area (TPSA) is 38.7 Å². The summed E-state index contributed by atoms with van der Waals surface area (Å²) in [4.78, 5) is 0. The Balaban J connectivity index is 2.09. The average molecular weight is 240 g/mol. The van der Waals surface area contributed by atoms with E-state index in [0.29, 0.717) is 24.5 Å². The van der Waals surface area contributed by atoms with Crippen molar-refractivity contribution < 1.29 is 19.0 Å². The molecule has 1 aliphatic heterocycles. The number of halogens is 1. The quantitative estimate of drug-likeness (QED) is 0.877. The van der Waals surface area contributed by atoms with Crippen molar-refractivity contribution in [3.05, 3.63) is 29.6 Å². The molecule has 3 nitrogen and oxygen atoms in total. The molecule has 1 aromatic rings. The number of aliphatic hydroxyl groups excluding tert-OH is 1. The molecule has 2 rings (SSSR count). The molecule has 0 spiro atoms. The Kier molecular flexibility index (Phi) is 3.97. The van der Waals surface area contributed by atoms with Crippen LogP contribution in [0.15, 0.2) is 18.2 Å². The molecule has 2 atom stereocenters. The van der Waals surface area contributed by atoms with Gasteiger partial charge >= 0.3 is 0 Å². The highest BCUT2D eigenvalue weighted by Crippen LogP contribution is 2.30. The first kappa shape index (κ1) is 12.3. The number of methoxy groups -OCH3 is 1. The van der Waals surface area contributed by atoms with Gasteiger partial charge < -0.3 is 14.6 Å². The SMILES string of the molecule is COc1cccc(C(O)CC2CCOC2)c1F. The minimum atomic E-state index is -0.795. The first-order chi connectivity index (χ1) is 8.22. The predicted molar refractivity (Wildman–Crippen MR) is 61.5 cm³/mol. The van der Waals surface area contributed by atoms with E-state index in [1.165, 1.54) is 7.11 Å². The Morgan fingerprint density at radius 1 is 1.59 bits per heavy atom. The maximum atomic E-state index is 13.9. The Morgan fingerprint density at radius 2 is 2.41 bits per heavy atom. The lowest BCUT2D eigenvalue weighted by Gasteiger charge is -2.16. The van der Waals surface area contributed by atoms with E-state index in [4.69, 9.17) is 9.47 Å². The molecule has 4 heteroatoms. The van der Waals surface area contributed by atoms with Crippen LogP contribution in [0.25, 0.3) is 0 Å². The standard InChI is InChI=1S/C13H17FO3/c1-16-12-4-2-3-10(13(12)14)11(15)7-9-5-6-17-8-9/h2-4,9,11,15H,5-8H2,1H3. The minimum Gasteiger partial charge on any atom is -0.494 e. The summed E-state index contributed by atoms with van der Waals surface area (Å²) in [5, 5.41) is 10.0. The zero-order valence-corrected chi connectivity index (χ0v) is 9.86. The van der Waals surface area contributed by atoms with Crippen LogP contribution in [0.5, 0.6) is 5.75 Å². The van der Waals surface area contributed by atoms with Crippen LogP contribution in [0.2, 0.25) is 0 Å². The maximum Gasteiger partial charge on any atom is 0.170 e. The van der Waals surface area contributed by atoms with Crippen LogP contribution in [0.1, 0.15) is 24.5 Å². The largest absolute Gasteiger partial charge is 0.494 e. The fourth-order valence-corrected chi connectivity index (χ4v) is 2.15. The Hall–Kier alpha value is -1.13. The first-order valence-electron chi connectivity index (χ1n) is 5.80. The van der Waals surface area contributed by atoms with Crippen molar-refractivity contribution in [3.63, 3.8) is 0 Å². The Labute approximate surface area is 100 Å². The zero-order chi connectivity index (χ0) is 12.3. The highest BCUT2D eigenvalue weighted by atomic mass is 19.1. The second-order valence-corrected chi connectivity index (χ2v) is 4.34. The molecular formula is C13H17FO3. The summed E-state index contributed by atoms with van der Waals surface area (Å²) in [6, 6.07) is 4.83. The van der Waals surface area contributed by atoms with Gasteiger partial charge in [-0.25, -0.2) is 4.39 Å². The summed E-state index contributed by atoms with van der Waals surface area (Å²) in [5.74, 6) is 0.0150. The van der Waals surface area contributed by atoms with Gasteiger partial charge in [0.1, 0.15) is 0 Å². The molecule has 0 saturated carbocycles. The molecule has 1 aromatic carbocycles. The molecule has 0 aliphatic carbocycles. The van der Waals surface area contributed by atoms with Gasteiger partial charge in [0.25, 0.3) is 0 Å². The summed E-state index contributed by atoms with van der Waals surface area (Å²) >= 11 is 0. The smallest absolute Gasteiger partial charge is 0.170 e. The molecular weight excluding hydrogens is 223 g/mol. The summed E-state index contributed by atoms with van der Waals surface area (Å²) < 4.78 is 24.0. The number of rotatable bonds is 4. The molecule has 1 N–H and O–H groups in total. The number of aliphatic hydroxyl groups is 1. The Morgan fingerprint density at radius 3 is 3.06 bits per heavy atom. The minimum absolute atomic E-state index is 0.171. The summed E-state index contributed by atoms with van der Waals surface area (Å²) in [7, 11) is 1.42. The second-order valence-electron chi connectivity index (χ2n) is 4.34. The van der Waals surface area contributed by atoms with Gasteiger partial charge in [0.05, 0.1) is 13.2 Å². The fourth-order valence-electron chi connectivity index (χ4n) is 2.15. The average Bonchev–Trinajstić information content (AvgIpc) is 2.82. The Bertz CT molecular complexity index is 375. The van der Waals surface area contributed by atoms with E-state index in [1.54, 1.807) is 18.2 Å². The van der Waals surface area contributed by atoms with E-state index in [2.05, 4.69) is 0 Å². The van der Waals surface area contributed by atoms with E-state index in [-0.39, 0.29) is 5.75 Å². The van der Waals surface area contributed by atoms with Gasteiger partial charge in [-0.05, 0) is 24.8 Å². The van der Waals surface area contributed by atoms with Gasteiger partial charge in [-0.2, -0.15) is 0 Å². The van der Waals surface area contributed by atoms with Gasteiger partial charge in [-0.15, -0.1) is 0 Å². The molecule has 17 heavy (non-hydrogen) atoms. The highest BCUT2D eigenvalue weighted by Gasteiger charge is 2.23. The molecule has 1 heterocycles. The first-order valence-corrected chi connectivity index (χ1v) is 5.80. The van der Waals surface area contributed by atoms with Crippen molar-refractivity contribution >= 4 is 0 Å². The highest BCUT2D eigenvalue weighted by molar-refractivity contribution is 5.32. The van der Waals surface area contributed by atoms with Crippen LogP contribution in [-0.2, 0) is 4.74 Å². The van der Waals surface area contributed by atoms with Crippen molar-refractivity contribution in [2.45, 2.75) is 18.9 Å². The number of benzene rings is 1. The molecule has 0 radical (unpaired) electrons. The fraction of sp³-hybridized carbons (Fsp3) is 0.538. The van der Waals surface area contributed by atoms with Crippen molar-refractivity contribution in [2.24, 2.45) is 5.92 Å². The van der Waals surface area contributed by atoms with Crippen molar-refractivity contribution in [2.75, 3.05) is 20.3 Å². The molecule has 1 fully saturated rings. The number of ether oxygens (including phenoxy) is 2. The van der Waals surface area contributed by atoms with E-state index in [0.717, 1.165) is 13.0 Å². The van der Waals surface area contributed by atoms with Crippen LogP contribution < -0.4 is 4.74 Å². The maximum absolute atomic E-state index is 13.9. The van der Waals surface area contributed by atoms with E-state index in [1.807, 2.05) is 0 Å². The molecule has 0 aromatic heterocycles. The lowest BCUT2D eigenvalue weighted by molar-refractivity contribution is 0.126. The van der Waals surface area contributed by atoms with Crippen LogP contribution in [0, 0.1) is 11.7 Å². The third-order valence-electron chi connectivity index (χ3n) is 3.15. The van der Waals surface area contributed by atoms with Crippen molar-refractivity contribution in [1.29, 1.82) is 0 Å². The second kappa shape index (κ2) is 5.47. The monoisotopic (exact) mass is 240 g/mol. The number of hydrogen-bond acceptors (Lipinski definition) is 3. The lowest BCUT2D eigenvalue weighted by Crippen LogP contribution is -2.09. The summed E-state index contributed by atoms with van der Waals surface area (Å²) in [5.41, 5.74) is 0.302. The molecule has 1 aliphatic rings. The van der Waals surface area contributed by atoms with Crippen LogP contribution >= 0.6 is 0 Å². The molecule has 2 unspecified atom stereocenters. The molecule has 0 bridgehead atoms. The van der Waals surface area contributed by atoms with Gasteiger partial charge in [0, 0.05) is 18.8 Å². The van der Waals surface area contributed by atoms with E-state index in [9.17, 15) is 9.50 Å². The van der Waals surface area contributed by atoms with Crippen LogP contribution in [0.3, 0.4) is 0 Å². The lowest BCUT2D eigenvalue weighted by atomic mass is 9.96. The molecule has 1 saturated heterocycles. The third-order valence-corrected chi connectivity index (χ3v) is 3.15. The van der Waals surface area contributed by atoms with E-state index >= 15 is 0 Å². The van der Waals surface area contributed by atoms with Gasteiger partial charge in [0.2, 0.25) is 0 Å². The number of hydrogen-bond donors (Lipinski definition) is 1. The van der Waals surface area contributed by atoms with Gasteiger partial charge in [0.15, 0.2) is 11.6 Å². The molecule has 0 amide bonds. The van der Waals surface area contributed by atoms with Crippen LogP contribution in [-0.4, -0.2) is 25.4 Å². The van der Waals surface area contributed by atoms with Crippen LogP contribution in [0.4, 0.5) is 4.39 Å². The van der Waals surface area contributed by atoms with Crippen molar-refractivity contribution in [1.82, 2.24) is 0 Å². The molecule has 94 valence electrons. The van der Waals surface area contributed by atoms with E-state index < -0.39 is 11.9 Å². The third kappa shape index (κ3) is 2.76. The zero-order valence-electron chi connectivity index (χ0n) is 9.86. The summed E-state index contributed by atoms with van der Waals surface area (Å²) in [6.45, 7) is 1.39. The van der Waals surface area contributed by atoms with Crippen molar-refractivity contribution in [3.8, 4) is 5.75 Å². The predicted octanol–water partition coefficient (Wildman–Crippen LogP) is 2.29. The summed E-state index contributed by atoms with van der Waals surface area (Å²) in [6.07, 6.45) is 0.670. The van der Waals surface area contributed by atoms with Gasteiger partial charge in [-0.3, -0.25) is 0 Å². The normalized spacial score (nSPS) is 21.5.